The summed E-state index contributed by atoms with van der Waals surface area (Å²) in [6.07, 6.45) is 9.39. The first-order chi connectivity index (χ1) is 13.8. The molecule has 1 aliphatic rings. The Labute approximate surface area is 168 Å². The molecule has 7 nitrogen and oxygen atoms in total. The van der Waals surface area contributed by atoms with E-state index in [-0.39, 0.29) is 0 Å². The van der Waals surface area contributed by atoms with Crippen LogP contribution in [0.25, 0.3) is 10.4 Å². The minimum absolute atomic E-state index is 0.690. The summed E-state index contributed by atoms with van der Waals surface area (Å²) in [5.41, 5.74) is 9.03. The van der Waals surface area contributed by atoms with Crippen LogP contribution in [0.5, 0.6) is 0 Å². The highest BCUT2D eigenvalue weighted by molar-refractivity contribution is 7.18. The highest BCUT2D eigenvalue weighted by atomic mass is 32.1. The highest BCUT2D eigenvalue weighted by Gasteiger charge is 2.12. The van der Waals surface area contributed by atoms with Crippen LogP contribution >= 0.6 is 11.3 Å². The quantitative estimate of drug-likeness (QED) is 0.634. The third kappa shape index (κ3) is 4.64. The zero-order valence-corrected chi connectivity index (χ0v) is 16.5. The molecule has 3 N–H and O–H groups in total. The van der Waals surface area contributed by atoms with Crippen LogP contribution in [-0.4, -0.2) is 47.8 Å². The molecular formula is C20H24N6OS. The van der Waals surface area contributed by atoms with Crippen molar-refractivity contribution in [3.8, 4) is 10.4 Å². The van der Waals surface area contributed by atoms with Crippen LogP contribution in [0, 0.1) is 0 Å². The van der Waals surface area contributed by atoms with Crippen LogP contribution in [0.15, 0.2) is 43.0 Å². The standard InChI is InChI=1S/C20H24N6OS/c21-4-1-2-15-10-16(13-22-12-15)18-14-24-20(28-18)25-19-11-17(3-5-23-19)26-6-8-27-9-7-26/h3,5,10-14H,1-2,4,6-9,21H2,(H,23,24,25). The van der Waals surface area contributed by atoms with Crippen LogP contribution < -0.4 is 16.0 Å². The zero-order valence-electron chi connectivity index (χ0n) is 15.7. The summed E-state index contributed by atoms with van der Waals surface area (Å²) < 4.78 is 5.43. The molecule has 8 heteroatoms. The number of nitrogens with two attached hydrogens (primary N) is 1. The average Bonchev–Trinajstić information content (AvgIpc) is 3.22. The molecule has 0 saturated carbocycles. The fourth-order valence-electron chi connectivity index (χ4n) is 3.15. The molecular weight excluding hydrogens is 372 g/mol. The van der Waals surface area contributed by atoms with Crippen molar-refractivity contribution in [2.24, 2.45) is 5.73 Å². The normalized spacial score (nSPS) is 14.2. The second-order valence-corrected chi connectivity index (χ2v) is 7.66. The first-order valence-electron chi connectivity index (χ1n) is 9.48. The van der Waals surface area contributed by atoms with Crippen molar-refractivity contribution >= 4 is 28.0 Å². The Hall–Kier alpha value is -2.55. The third-order valence-electron chi connectivity index (χ3n) is 4.61. The van der Waals surface area contributed by atoms with Crippen molar-refractivity contribution in [2.45, 2.75) is 12.8 Å². The topological polar surface area (TPSA) is 89.2 Å². The minimum Gasteiger partial charge on any atom is -0.378 e. The second-order valence-electron chi connectivity index (χ2n) is 6.63. The number of aryl methyl sites for hydroxylation is 1. The van der Waals surface area contributed by atoms with Gasteiger partial charge in [0, 0.05) is 55.2 Å². The van der Waals surface area contributed by atoms with Gasteiger partial charge >= 0.3 is 0 Å². The molecule has 0 atom stereocenters. The smallest absolute Gasteiger partial charge is 0.188 e. The Morgan fingerprint density at radius 2 is 2.04 bits per heavy atom. The van der Waals surface area contributed by atoms with Crippen LogP contribution in [0.4, 0.5) is 16.6 Å². The molecule has 1 saturated heterocycles. The van der Waals surface area contributed by atoms with Crippen molar-refractivity contribution < 1.29 is 4.74 Å². The first kappa shape index (κ1) is 18.8. The number of pyridine rings is 2. The van der Waals surface area contributed by atoms with Crippen molar-refractivity contribution in [3.63, 3.8) is 0 Å². The van der Waals surface area contributed by atoms with Crippen molar-refractivity contribution in [1.29, 1.82) is 0 Å². The molecule has 1 aliphatic heterocycles. The molecule has 3 aromatic heterocycles. The number of nitrogens with zero attached hydrogens (tertiary/aromatic N) is 4. The number of rotatable bonds is 7. The number of thiazole rings is 1. The van der Waals surface area contributed by atoms with E-state index in [0.717, 1.165) is 66.2 Å². The minimum atomic E-state index is 0.690. The lowest BCUT2D eigenvalue weighted by molar-refractivity contribution is 0.122. The number of morpholine rings is 1. The molecule has 0 amide bonds. The van der Waals surface area contributed by atoms with E-state index in [1.807, 2.05) is 30.9 Å². The van der Waals surface area contributed by atoms with Crippen molar-refractivity contribution in [3.05, 3.63) is 48.5 Å². The lowest BCUT2D eigenvalue weighted by atomic mass is 10.1. The fraction of sp³-hybridized carbons (Fsp3) is 0.350. The molecule has 0 aromatic carbocycles. The third-order valence-corrected chi connectivity index (χ3v) is 5.57. The number of hydrogen-bond donors (Lipinski definition) is 2. The van der Waals surface area contributed by atoms with Gasteiger partial charge < -0.3 is 20.7 Å². The molecule has 146 valence electrons. The van der Waals surface area contributed by atoms with Gasteiger partial charge in [-0.25, -0.2) is 9.97 Å². The Morgan fingerprint density at radius 3 is 2.89 bits per heavy atom. The van der Waals surface area contributed by atoms with E-state index in [0.29, 0.717) is 6.54 Å². The summed E-state index contributed by atoms with van der Waals surface area (Å²) >= 11 is 1.59. The van der Waals surface area contributed by atoms with E-state index in [2.05, 4.69) is 37.3 Å². The van der Waals surface area contributed by atoms with Gasteiger partial charge in [0.25, 0.3) is 0 Å². The van der Waals surface area contributed by atoms with Crippen molar-refractivity contribution in [2.75, 3.05) is 43.1 Å². The maximum Gasteiger partial charge on any atom is 0.188 e. The first-order valence-corrected chi connectivity index (χ1v) is 10.3. The van der Waals surface area contributed by atoms with Crippen LogP contribution in [0.3, 0.4) is 0 Å². The molecule has 4 rings (SSSR count). The van der Waals surface area contributed by atoms with Gasteiger partial charge in [-0.1, -0.05) is 11.3 Å². The summed E-state index contributed by atoms with van der Waals surface area (Å²) in [7, 11) is 0. The van der Waals surface area contributed by atoms with Gasteiger partial charge in [0.05, 0.1) is 18.1 Å². The molecule has 3 aromatic rings. The second kappa shape index (κ2) is 9.09. The summed E-state index contributed by atoms with van der Waals surface area (Å²) in [6.45, 7) is 4.02. The Balaban J connectivity index is 1.46. The number of anilines is 3. The van der Waals surface area contributed by atoms with Crippen LogP contribution in [0.1, 0.15) is 12.0 Å². The van der Waals surface area contributed by atoms with Gasteiger partial charge in [-0.3, -0.25) is 4.98 Å². The van der Waals surface area contributed by atoms with E-state index >= 15 is 0 Å². The van der Waals surface area contributed by atoms with Crippen LogP contribution in [-0.2, 0) is 11.2 Å². The monoisotopic (exact) mass is 396 g/mol. The number of aromatic nitrogens is 3. The molecule has 0 bridgehead atoms. The Morgan fingerprint density at radius 1 is 1.14 bits per heavy atom. The molecule has 28 heavy (non-hydrogen) atoms. The van der Waals surface area contributed by atoms with E-state index in [1.165, 1.54) is 5.56 Å². The number of nitrogens with one attached hydrogen (secondary N) is 1. The van der Waals surface area contributed by atoms with Gasteiger partial charge in [-0.05, 0) is 37.1 Å². The molecule has 0 unspecified atom stereocenters. The predicted molar refractivity (Wildman–Crippen MR) is 113 cm³/mol. The molecule has 0 aliphatic carbocycles. The average molecular weight is 397 g/mol. The maximum absolute atomic E-state index is 5.61. The SMILES string of the molecule is NCCCc1cncc(-c2cnc(Nc3cc(N4CCOCC4)ccn3)s2)c1. The van der Waals surface area contributed by atoms with Crippen LogP contribution in [0.2, 0.25) is 0 Å². The van der Waals surface area contributed by atoms with E-state index in [1.54, 1.807) is 11.3 Å². The molecule has 0 radical (unpaired) electrons. The highest BCUT2D eigenvalue weighted by Crippen LogP contribution is 2.31. The Kier molecular flexibility index (Phi) is 6.11. The molecule has 0 spiro atoms. The number of ether oxygens (including phenoxy) is 1. The zero-order chi connectivity index (χ0) is 19.2. The van der Waals surface area contributed by atoms with Crippen molar-refractivity contribution in [1.82, 2.24) is 15.0 Å². The molecule has 4 heterocycles. The van der Waals surface area contributed by atoms with Gasteiger partial charge in [0.15, 0.2) is 5.13 Å². The summed E-state index contributed by atoms with van der Waals surface area (Å²) in [5, 5.41) is 4.14. The summed E-state index contributed by atoms with van der Waals surface area (Å²) in [6, 6.07) is 6.25. The van der Waals surface area contributed by atoms with Gasteiger partial charge in [-0.15, -0.1) is 0 Å². The lowest BCUT2D eigenvalue weighted by Gasteiger charge is -2.28. The van der Waals surface area contributed by atoms with E-state index in [9.17, 15) is 0 Å². The number of hydrogen-bond acceptors (Lipinski definition) is 8. The fourth-order valence-corrected chi connectivity index (χ4v) is 3.95. The van der Waals surface area contributed by atoms with E-state index < -0.39 is 0 Å². The van der Waals surface area contributed by atoms with Gasteiger partial charge in [-0.2, -0.15) is 0 Å². The summed E-state index contributed by atoms with van der Waals surface area (Å²) in [5.74, 6) is 0.791. The maximum atomic E-state index is 5.61. The lowest BCUT2D eigenvalue weighted by Crippen LogP contribution is -2.36. The van der Waals surface area contributed by atoms with E-state index in [4.69, 9.17) is 10.5 Å². The molecule has 1 fully saturated rings. The summed E-state index contributed by atoms with van der Waals surface area (Å²) in [4.78, 5) is 16.7. The van der Waals surface area contributed by atoms with Gasteiger partial charge in [0.2, 0.25) is 0 Å². The Bertz CT molecular complexity index is 909. The van der Waals surface area contributed by atoms with Gasteiger partial charge in [0.1, 0.15) is 5.82 Å². The largest absolute Gasteiger partial charge is 0.378 e. The predicted octanol–water partition coefficient (Wildman–Crippen LogP) is 3.07.